The summed E-state index contributed by atoms with van der Waals surface area (Å²) in [7, 11) is 0. The number of pyridine rings is 1. The van der Waals surface area contributed by atoms with Crippen LogP contribution in [0.5, 0.6) is 5.75 Å². The molecule has 7 nitrogen and oxygen atoms in total. The molecule has 30 heavy (non-hydrogen) atoms. The molecule has 156 valence electrons. The smallest absolute Gasteiger partial charge is 0.275 e. The van der Waals surface area contributed by atoms with Gasteiger partial charge in [0.15, 0.2) is 23.1 Å². The number of nitrogens with zero attached hydrogens (tertiary/aromatic N) is 4. The molecule has 1 atom stereocenters. The first-order valence-electron chi connectivity index (χ1n) is 9.97. The van der Waals surface area contributed by atoms with Gasteiger partial charge in [0.1, 0.15) is 0 Å². The minimum Gasteiger partial charge on any atom is -0.504 e. The summed E-state index contributed by atoms with van der Waals surface area (Å²) in [5, 5.41) is 17.4. The molecule has 2 aromatic heterocycles. The van der Waals surface area contributed by atoms with E-state index in [4.69, 9.17) is 0 Å². The summed E-state index contributed by atoms with van der Waals surface area (Å²) < 4.78 is 15.4. The summed E-state index contributed by atoms with van der Waals surface area (Å²) >= 11 is 0. The molecular weight excluding hydrogens is 385 g/mol. The molecule has 0 aliphatic carbocycles. The van der Waals surface area contributed by atoms with Gasteiger partial charge < -0.3 is 15.3 Å². The Morgan fingerprint density at radius 3 is 2.73 bits per heavy atom. The summed E-state index contributed by atoms with van der Waals surface area (Å²) in [6.07, 6.45) is 3.62. The van der Waals surface area contributed by atoms with E-state index in [2.05, 4.69) is 29.2 Å². The second-order valence-electron chi connectivity index (χ2n) is 7.77. The molecule has 1 aliphatic rings. The molecule has 1 saturated heterocycles. The number of rotatable bonds is 5. The number of anilines is 1. The number of nitrogens with one attached hydrogen (secondary N) is 1. The number of aromatic nitrogens is 3. The van der Waals surface area contributed by atoms with Crippen LogP contribution in [0.25, 0.3) is 5.69 Å². The number of benzene rings is 1. The lowest BCUT2D eigenvalue weighted by atomic mass is 10.0. The van der Waals surface area contributed by atoms with Crippen LogP contribution >= 0.6 is 0 Å². The van der Waals surface area contributed by atoms with E-state index in [1.165, 1.54) is 22.5 Å². The average Bonchev–Trinajstić information content (AvgIpc) is 3.35. The molecule has 1 aromatic carbocycles. The number of amides is 1. The molecule has 3 heterocycles. The predicted molar refractivity (Wildman–Crippen MR) is 112 cm³/mol. The SMILES string of the molecule is CC(C)c1ccc(-n2cc(O)c(C(=O)NC3CCN(c4ncccc4F)C3)n2)cc1. The fourth-order valence-electron chi connectivity index (χ4n) is 3.61. The third kappa shape index (κ3) is 3.98. The molecule has 1 amide bonds. The Balaban J connectivity index is 1.44. The zero-order valence-corrected chi connectivity index (χ0v) is 16.9. The van der Waals surface area contributed by atoms with Crippen molar-refractivity contribution in [3.05, 3.63) is 65.9 Å². The quantitative estimate of drug-likeness (QED) is 0.676. The van der Waals surface area contributed by atoms with E-state index in [1.54, 1.807) is 17.2 Å². The zero-order chi connectivity index (χ0) is 21.3. The topological polar surface area (TPSA) is 83.3 Å². The molecule has 8 heteroatoms. The van der Waals surface area contributed by atoms with Gasteiger partial charge in [-0.25, -0.2) is 14.1 Å². The molecule has 2 N–H and O–H groups in total. The van der Waals surface area contributed by atoms with E-state index in [9.17, 15) is 14.3 Å². The van der Waals surface area contributed by atoms with Gasteiger partial charge in [0.25, 0.3) is 5.91 Å². The number of hydrogen-bond acceptors (Lipinski definition) is 5. The van der Waals surface area contributed by atoms with Crippen LogP contribution in [0.15, 0.2) is 48.8 Å². The number of carbonyl (C=O) groups excluding carboxylic acids is 1. The second kappa shape index (κ2) is 8.14. The highest BCUT2D eigenvalue weighted by Crippen LogP contribution is 2.23. The second-order valence-corrected chi connectivity index (χ2v) is 7.77. The summed E-state index contributed by atoms with van der Waals surface area (Å²) in [6, 6.07) is 10.5. The Hall–Kier alpha value is -3.42. The lowest BCUT2D eigenvalue weighted by Gasteiger charge is -2.18. The van der Waals surface area contributed by atoms with Crippen LogP contribution in [0.3, 0.4) is 0 Å². The predicted octanol–water partition coefficient (Wildman–Crippen LogP) is 3.24. The van der Waals surface area contributed by atoms with Crippen molar-refractivity contribution >= 4 is 11.7 Å². The molecule has 1 aliphatic heterocycles. The minimum absolute atomic E-state index is 0.0367. The van der Waals surface area contributed by atoms with Crippen LogP contribution in [0.2, 0.25) is 0 Å². The first kappa shape index (κ1) is 19.9. The fraction of sp³-hybridized carbons (Fsp3) is 0.318. The van der Waals surface area contributed by atoms with Gasteiger partial charge >= 0.3 is 0 Å². The molecule has 1 fully saturated rings. The van der Waals surface area contributed by atoms with Gasteiger partial charge in [-0.05, 0) is 42.2 Å². The van der Waals surface area contributed by atoms with E-state index < -0.39 is 5.91 Å². The van der Waals surface area contributed by atoms with Crippen LogP contribution in [-0.2, 0) is 0 Å². The van der Waals surface area contributed by atoms with Crippen molar-refractivity contribution in [1.82, 2.24) is 20.1 Å². The zero-order valence-electron chi connectivity index (χ0n) is 16.9. The largest absolute Gasteiger partial charge is 0.504 e. The van der Waals surface area contributed by atoms with Crippen LogP contribution in [0, 0.1) is 5.82 Å². The standard InChI is InChI=1S/C22H24FN5O2/c1-14(2)15-5-7-17(8-6-15)28-13-19(29)20(26-28)22(30)25-16-9-11-27(12-16)21-18(23)4-3-10-24-21/h3-8,10,13-14,16,29H,9,11-12H2,1-2H3,(H,25,30). The number of halogens is 1. The molecule has 3 aromatic rings. The average molecular weight is 409 g/mol. The Morgan fingerprint density at radius 2 is 2.03 bits per heavy atom. The fourth-order valence-corrected chi connectivity index (χ4v) is 3.61. The van der Waals surface area contributed by atoms with E-state index in [-0.39, 0.29) is 29.1 Å². The number of carbonyl (C=O) groups is 1. The molecule has 0 saturated carbocycles. The highest BCUT2D eigenvalue weighted by Gasteiger charge is 2.28. The lowest BCUT2D eigenvalue weighted by molar-refractivity contribution is 0.0932. The van der Waals surface area contributed by atoms with Crippen molar-refractivity contribution in [3.63, 3.8) is 0 Å². The highest BCUT2D eigenvalue weighted by molar-refractivity contribution is 5.95. The normalized spacial score (nSPS) is 16.3. The monoisotopic (exact) mass is 409 g/mol. The van der Waals surface area contributed by atoms with Gasteiger partial charge in [-0.1, -0.05) is 26.0 Å². The van der Waals surface area contributed by atoms with Crippen LogP contribution < -0.4 is 10.2 Å². The van der Waals surface area contributed by atoms with Crippen molar-refractivity contribution in [2.75, 3.05) is 18.0 Å². The van der Waals surface area contributed by atoms with Crippen LogP contribution in [0.1, 0.15) is 42.2 Å². The summed E-state index contributed by atoms with van der Waals surface area (Å²) in [4.78, 5) is 18.5. The van der Waals surface area contributed by atoms with Gasteiger partial charge in [-0.2, -0.15) is 5.10 Å². The molecule has 0 bridgehead atoms. The van der Waals surface area contributed by atoms with Crippen LogP contribution in [-0.4, -0.2) is 44.9 Å². The Bertz CT molecular complexity index is 1050. The first-order valence-corrected chi connectivity index (χ1v) is 9.97. The van der Waals surface area contributed by atoms with Gasteiger partial charge in [-0.15, -0.1) is 0 Å². The molecule has 4 rings (SSSR count). The molecule has 1 unspecified atom stereocenters. The summed E-state index contributed by atoms with van der Waals surface area (Å²) in [5.74, 6) is -0.336. The van der Waals surface area contributed by atoms with Gasteiger partial charge in [0.2, 0.25) is 0 Å². The van der Waals surface area contributed by atoms with Crippen molar-refractivity contribution in [3.8, 4) is 11.4 Å². The first-order chi connectivity index (χ1) is 14.4. The Morgan fingerprint density at radius 1 is 1.27 bits per heavy atom. The van der Waals surface area contributed by atoms with Crippen molar-refractivity contribution in [2.45, 2.75) is 32.2 Å². The van der Waals surface area contributed by atoms with Crippen molar-refractivity contribution in [1.29, 1.82) is 0 Å². The van der Waals surface area contributed by atoms with E-state index >= 15 is 0 Å². The van der Waals surface area contributed by atoms with Gasteiger partial charge in [0, 0.05) is 25.3 Å². The van der Waals surface area contributed by atoms with Gasteiger partial charge in [-0.3, -0.25) is 4.79 Å². The van der Waals surface area contributed by atoms with E-state index in [0.717, 1.165) is 5.69 Å². The third-order valence-electron chi connectivity index (χ3n) is 5.30. The molecular formula is C22H24FN5O2. The molecule has 0 radical (unpaired) electrons. The number of hydrogen-bond donors (Lipinski definition) is 2. The summed E-state index contributed by atoms with van der Waals surface area (Å²) in [5.41, 5.74) is 1.92. The third-order valence-corrected chi connectivity index (χ3v) is 5.30. The maximum atomic E-state index is 13.9. The summed E-state index contributed by atoms with van der Waals surface area (Å²) in [6.45, 7) is 5.26. The van der Waals surface area contributed by atoms with Crippen molar-refractivity contribution < 1.29 is 14.3 Å². The van der Waals surface area contributed by atoms with E-state index in [1.807, 2.05) is 24.3 Å². The maximum Gasteiger partial charge on any atom is 0.275 e. The minimum atomic E-state index is -0.460. The highest BCUT2D eigenvalue weighted by atomic mass is 19.1. The van der Waals surface area contributed by atoms with Gasteiger partial charge in [0.05, 0.1) is 11.9 Å². The maximum absolute atomic E-state index is 13.9. The Kier molecular flexibility index (Phi) is 5.39. The lowest BCUT2D eigenvalue weighted by Crippen LogP contribution is -2.37. The Labute approximate surface area is 174 Å². The molecule has 0 spiro atoms. The number of aromatic hydroxyl groups is 1. The van der Waals surface area contributed by atoms with E-state index in [0.29, 0.717) is 25.4 Å². The van der Waals surface area contributed by atoms with Crippen molar-refractivity contribution in [2.24, 2.45) is 0 Å². The van der Waals surface area contributed by atoms with Crippen LogP contribution in [0.4, 0.5) is 10.2 Å².